The molecule has 0 aromatic rings. The third-order valence-corrected chi connectivity index (χ3v) is 5.17. The molecule has 0 bridgehead atoms. The molecule has 0 saturated carbocycles. The summed E-state index contributed by atoms with van der Waals surface area (Å²) < 4.78 is 31.3. The molecule has 2 unspecified atom stereocenters. The van der Waals surface area contributed by atoms with Crippen LogP contribution in [0.25, 0.3) is 0 Å². The third kappa shape index (κ3) is 5.35. The van der Waals surface area contributed by atoms with E-state index in [1.807, 2.05) is 20.8 Å². The molecule has 19 heavy (non-hydrogen) atoms. The van der Waals surface area contributed by atoms with Crippen LogP contribution in [0.15, 0.2) is 0 Å². The van der Waals surface area contributed by atoms with Crippen LogP contribution >= 0.6 is 0 Å². The van der Waals surface area contributed by atoms with Gasteiger partial charge < -0.3 is 15.2 Å². The summed E-state index contributed by atoms with van der Waals surface area (Å²) in [7, 11) is -3.27. The molecular formula is C12H26N2O4S. The molecule has 0 aromatic heterocycles. The average molecular weight is 294 g/mol. The molecule has 0 spiro atoms. The number of nitrogens with zero attached hydrogens (tertiary/aromatic N) is 1. The molecule has 6 nitrogen and oxygen atoms in total. The van der Waals surface area contributed by atoms with Gasteiger partial charge in [-0.2, -0.15) is 4.31 Å². The largest absolute Gasteiger partial charge is 0.394 e. The first-order chi connectivity index (χ1) is 8.86. The number of sulfonamides is 1. The first-order valence-electron chi connectivity index (χ1n) is 6.82. The van der Waals surface area contributed by atoms with Crippen LogP contribution in [-0.2, 0) is 14.8 Å². The van der Waals surface area contributed by atoms with Crippen LogP contribution in [0, 0.1) is 0 Å². The van der Waals surface area contributed by atoms with Crippen molar-refractivity contribution < 1.29 is 18.3 Å². The zero-order chi connectivity index (χ0) is 14.5. The Labute approximate surface area is 116 Å². The molecule has 0 radical (unpaired) electrons. The highest BCUT2D eigenvalue weighted by Crippen LogP contribution is 2.16. The number of ether oxygens (including phenoxy) is 1. The van der Waals surface area contributed by atoms with Crippen LogP contribution in [0.1, 0.15) is 27.2 Å². The summed E-state index contributed by atoms with van der Waals surface area (Å²) in [4.78, 5) is 0. The summed E-state index contributed by atoms with van der Waals surface area (Å²) in [6, 6.07) is 0.203. The van der Waals surface area contributed by atoms with Crippen LogP contribution in [0.4, 0.5) is 0 Å². The molecule has 0 aliphatic carbocycles. The Hall–Kier alpha value is -0.210. The molecule has 0 amide bonds. The Kier molecular flexibility index (Phi) is 6.68. The summed E-state index contributed by atoms with van der Waals surface area (Å²) in [5.74, 6) is 0.134. The van der Waals surface area contributed by atoms with Gasteiger partial charge in [0.1, 0.15) is 0 Å². The fraction of sp³-hybridized carbons (Fsp3) is 1.00. The standard InChI is InChI=1S/C12H26N2O4S/c1-10(2)13-5-4-6-19(16,17)14-7-12(8-15)18-9-11(14)3/h10-13,15H,4-9H2,1-3H3. The molecular weight excluding hydrogens is 268 g/mol. The second kappa shape index (κ2) is 7.54. The van der Waals surface area contributed by atoms with Crippen LogP contribution in [0.3, 0.4) is 0 Å². The third-order valence-electron chi connectivity index (χ3n) is 3.14. The van der Waals surface area contributed by atoms with Gasteiger partial charge in [-0.25, -0.2) is 8.42 Å². The molecule has 2 N–H and O–H groups in total. The molecule has 1 fully saturated rings. The number of hydrogen-bond donors (Lipinski definition) is 2. The van der Waals surface area contributed by atoms with E-state index in [9.17, 15) is 8.42 Å². The highest BCUT2D eigenvalue weighted by atomic mass is 32.2. The van der Waals surface area contributed by atoms with Gasteiger partial charge in [0.2, 0.25) is 10.0 Å². The number of aliphatic hydroxyl groups excluding tert-OH is 1. The molecule has 1 saturated heterocycles. The van der Waals surface area contributed by atoms with E-state index in [1.54, 1.807) is 0 Å². The quantitative estimate of drug-likeness (QED) is 0.635. The Morgan fingerprint density at radius 1 is 1.47 bits per heavy atom. The van der Waals surface area contributed by atoms with Crippen molar-refractivity contribution in [3.63, 3.8) is 0 Å². The smallest absolute Gasteiger partial charge is 0.214 e. The van der Waals surface area contributed by atoms with Gasteiger partial charge in [-0.15, -0.1) is 0 Å². The molecule has 2 atom stereocenters. The minimum absolute atomic E-state index is 0.134. The second-order valence-electron chi connectivity index (χ2n) is 5.34. The van der Waals surface area contributed by atoms with Gasteiger partial charge in [0.15, 0.2) is 0 Å². The van der Waals surface area contributed by atoms with Gasteiger partial charge >= 0.3 is 0 Å². The van der Waals surface area contributed by atoms with E-state index in [0.29, 0.717) is 25.6 Å². The molecule has 7 heteroatoms. The van der Waals surface area contributed by atoms with Gasteiger partial charge in [-0.3, -0.25) is 0 Å². The highest BCUT2D eigenvalue weighted by Gasteiger charge is 2.33. The number of rotatable bonds is 7. The average Bonchev–Trinajstić information content (AvgIpc) is 2.35. The Balaban J connectivity index is 2.50. The molecule has 1 rings (SSSR count). The fourth-order valence-electron chi connectivity index (χ4n) is 2.05. The van der Waals surface area contributed by atoms with E-state index in [-0.39, 0.29) is 24.9 Å². The van der Waals surface area contributed by atoms with E-state index in [2.05, 4.69) is 5.32 Å². The molecule has 1 aliphatic heterocycles. The van der Waals surface area contributed by atoms with Crippen LogP contribution in [0.2, 0.25) is 0 Å². The molecule has 0 aromatic carbocycles. The van der Waals surface area contributed by atoms with Gasteiger partial charge in [-0.05, 0) is 19.9 Å². The molecule has 114 valence electrons. The lowest BCUT2D eigenvalue weighted by Crippen LogP contribution is -2.52. The Bertz CT molecular complexity index is 359. The van der Waals surface area contributed by atoms with Gasteiger partial charge in [0.05, 0.1) is 25.1 Å². The van der Waals surface area contributed by atoms with Gasteiger partial charge in [0.25, 0.3) is 0 Å². The Morgan fingerprint density at radius 2 is 2.16 bits per heavy atom. The van der Waals surface area contributed by atoms with Crippen molar-refractivity contribution >= 4 is 10.0 Å². The summed E-state index contributed by atoms with van der Waals surface area (Å²) in [6.07, 6.45) is 0.189. The van der Waals surface area contributed by atoms with E-state index in [4.69, 9.17) is 9.84 Å². The maximum absolute atomic E-state index is 12.3. The van der Waals surface area contributed by atoms with Gasteiger partial charge in [0, 0.05) is 18.6 Å². The Morgan fingerprint density at radius 3 is 2.74 bits per heavy atom. The second-order valence-corrected chi connectivity index (χ2v) is 7.38. The normalized spacial score (nSPS) is 25.9. The minimum atomic E-state index is -3.27. The summed E-state index contributed by atoms with van der Waals surface area (Å²) in [6.45, 7) is 7.03. The van der Waals surface area contributed by atoms with Crippen molar-refractivity contribution in [1.82, 2.24) is 9.62 Å². The first kappa shape index (κ1) is 16.8. The minimum Gasteiger partial charge on any atom is -0.394 e. The van der Waals surface area contributed by atoms with Crippen molar-refractivity contribution in [1.29, 1.82) is 0 Å². The SMILES string of the molecule is CC(C)NCCCS(=O)(=O)N1CC(CO)OCC1C. The lowest BCUT2D eigenvalue weighted by atomic mass is 10.2. The number of aliphatic hydroxyl groups is 1. The van der Waals surface area contributed by atoms with Crippen LogP contribution in [0.5, 0.6) is 0 Å². The lowest BCUT2D eigenvalue weighted by molar-refractivity contribution is -0.0516. The zero-order valence-electron chi connectivity index (χ0n) is 12.0. The topological polar surface area (TPSA) is 78.9 Å². The van der Waals surface area contributed by atoms with Crippen molar-refractivity contribution in [2.45, 2.75) is 45.4 Å². The summed E-state index contributed by atoms with van der Waals surface area (Å²) in [5.41, 5.74) is 0. The van der Waals surface area contributed by atoms with Crippen molar-refractivity contribution in [3.05, 3.63) is 0 Å². The highest BCUT2D eigenvalue weighted by molar-refractivity contribution is 7.89. The predicted octanol–water partition coefficient (Wildman–Crippen LogP) is -0.214. The van der Waals surface area contributed by atoms with Gasteiger partial charge in [-0.1, -0.05) is 13.8 Å². The summed E-state index contributed by atoms with van der Waals surface area (Å²) >= 11 is 0. The number of hydrogen-bond acceptors (Lipinski definition) is 5. The van der Waals surface area contributed by atoms with E-state index >= 15 is 0 Å². The van der Waals surface area contributed by atoms with E-state index in [0.717, 1.165) is 0 Å². The lowest BCUT2D eigenvalue weighted by Gasteiger charge is -2.36. The fourth-order valence-corrected chi connectivity index (χ4v) is 3.80. The predicted molar refractivity (Wildman–Crippen MR) is 74.5 cm³/mol. The first-order valence-corrected chi connectivity index (χ1v) is 8.43. The summed E-state index contributed by atoms with van der Waals surface area (Å²) in [5, 5.41) is 12.3. The van der Waals surface area contributed by atoms with E-state index < -0.39 is 16.1 Å². The number of morpholine rings is 1. The van der Waals surface area contributed by atoms with Crippen LogP contribution < -0.4 is 5.32 Å². The maximum Gasteiger partial charge on any atom is 0.214 e. The molecule has 1 aliphatic rings. The monoisotopic (exact) mass is 294 g/mol. The maximum atomic E-state index is 12.3. The van der Waals surface area contributed by atoms with Crippen molar-refractivity contribution in [3.8, 4) is 0 Å². The molecule has 1 heterocycles. The number of nitrogens with one attached hydrogen (secondary N) is 1. The van der Waals surface area contributed by atoms with Crippen LogP contribution in [-0.4, -0.2) is 68.1 Å². The van der Waals surface area contributed by atoms with Crippen molar-refractivity contribution in [2.75, 3.05) is 32.1 Å². The van der Waals surface area contributed by atoms with E-state index in [1.165, 1.54) is 4.31 Å². The van der Waals surface area contributed by atoms with Crippen molar-refractivity contribution in [2.24, 2.45) is 0 Å². The zero-order valence-corrected chi connectivity index (χ0v) is 12.8.